The van der Waals surface area contributed by atoms with Gasteiger partial charge in [0.05, 0.1) is 75.9 Å². The predicted octanol–water partition coefficient (Wildman–Crippen LogP) is 4.10. The smallest absolute Gasteiger partial charge is 0.441 e. The highest BCUT2D eigenvalue weighted by atomic mass is 19.1. The number of H-pyrrole nitrogens is 3. The number of aliphatic imine (C=N–C) groups is 2. The molecule has 7 rings (SSSR count). The molecular formula is C66H97F6N29O17. The first kappa shape index (κ1) is 101. The molecule has 0 aliphatic rings. The monoisotopic (exact) mass is 1680 g/mol. The fourth-order valence-corrected chi connectivity index (χ4v) is 8.52. The molecule has 6 unspecified atom stereocenters. The van der Waals surface area contributed by atoms with Crippen LogP contribution in [0.5, 0.6) is 0 Å². The number of aromatic amines is 3. The second-order valence-electron chi connectivity index (χ2n) is 25.3. The number of aryl methyl sites for hydroxylation is 4. The molecule has 52 heteroatoms. The molecular weight excluding hydrogens is 1580 g/mol. The van der Waals surface area contributed by atoms with Crippen LogP contribution in [0.4, 0.5) is 44.2 Å². The number of hydrogen-bond acceptors (Lipinski definition) is 32. The fourth-order valence-electron chi connectivity index (χ4n) is 8.52. The molecule has 650 valence electrons. The molecule has 46 nitrogen and oxygen atoms in total. The van der Waals surface area contributed by atoms with Crippen LogP contribution in [-0.2, 0) is 59.7 Å². The number of amides is 3. The van der Waals surface area contributed by atoms with E-state index in [4.69, 9.17) is 33.1 Å². The van der Waals surface area contributed by atoms with E-state index in [9.17, 15) is 74.3 Å². The number of carboxylic acids is 2. The predicted molar refractivity (Wildman–Crippen MR) is 405 cm³/mol. The van der Waals surface area contributed by atoms with Crippen molar-refractivity contribution < 1.29 is 88.2 Å². The van der Waals surface area contributed by atoms with Gasteiger partial charge < -0.3 is 37.9 Å². The normalized spacial score (nSPS) is 13.7. The summed E-state index contributed by atoms with van der Waals surface area (Å²) in [6, 6.07) is -1.81. The van der Waals surface area contributed by atoms with Gasteiger partial charge in [0.15, 0.2) is 23.3 Å². The molecule has 0 aliphatic heterocycles. The van der Waals surface area contributed by atoms with E-state index in [1.807, 2.05) is 0 Å². The zero-order chi connectivity index (χ0) is 88.6. The topological polar surface area (TPSA) is 672 Å². The van der Waals surface area contributed by atoms with Crippen LogP contribution in [0.25, 0.3) is 0 Å². The Balaban J connectivity index is 0.000000481. The summed E-state index contributed by atoms with van der Waals surface area (Å²) in [5, 5.41) is 76.3. The first-order valence-electron chi connectivity index (χ1n) is 35.6. The van der Waals surface area contributed by atoms with Crippen LogP contribution < -0.4 is 61.9 Å². The Morgan fingerprint density at radius 2 is 0.712 bits per heavy atom. The molecule has 3 amide bonds. The van der Waals surface area contributed by atoms with Gasteiger partial charge in [-0.05, 0) is 134 Å². The highest BCUT2D eigenvalue weighted by Crippen LogP contribution is 2.17. The van der Waals surface area contributed by atoms with E-state index in [2.05, 4.69) is 131 Å². The van der Waals surface area contributed by atoms with Crippen molar-refractivity contribution in [1.82, 2.24) is 101 Å². The lowest BCUT2D eigenvalue weighted by molar-refractivity contribution is -0.145. The summed E-state index contributed by atoms with van der Waals surface area (Å²) in [7, 11) is 1.32. The van der Waals surface area contributed by atoms with Crippen molar-refractivity contribution in [2.75, 3.05) is 36.1 Å². The Hall–Kier alpha value is -13.3. The summed E-state index contributed by atoms with van der Waals surface area (Å²) >= 11 is 0. The second kappa shape index (κ2) is 54.4. The van der Waals surface area contributed by atoms with Crippen molar-refractivity contribution in [2.24, 2.45) is 56.6 Å². The van der Waals surface area contributed by atoms with Gasteiger partial charge in [0.1, 0.15) is 41.0 Å². The minimum Gasteiger partial charge on any atom is -0.481 e. The van der Waals surface area contributed by atoms with E-state index in [0.717, 1.165) is 18.3 Å². The molecule has 0 saturated heterocycles. The number of carboxylic acid groups (broad SMARTS) is 2. The summed E-state index contributed by atoms with van der Waals surface area (Å²) in [5.74, 6) is -8.40. The first-order chi connectivity index (χ1) is 55.7. The number of methoxy groups -OCH3 is 1. The Morgan fingerprint density at radius 1 is 0.441 bits per heavy atom. The highest BCUT2D eigenvalue weighted by Gasteiger charge is 2.20. The number of nitrogens with zero attached hydrogens (tertiary/aromatic N) is 19. The second-order valence-corrected chi connectivity index (χ2v) is 25.3. The zero-order valence-electron chi connectivity index (χ0n) is 66.2. The number of halogens is 6. The number of tetrazole rings is 3. The van der Waals surface area contributed by atoms with Crippen molar-refractivity contribution in [3.05, 3.63) is 137 Å². The summed E-state index contributed by atoms with van der Waals surface area (Å²) < 4.78 is 107. The number of nitrogens with two attached hydrogens (primary N) is 4. The molecule has 6 atom stereocenters. The van der Waals surface area contributed by atoms with Gasteiger partial charge in [0.2, 0.25) is 17.7 Å². The fraction of sp³-hybridized carbons (Fsp3) is 0.530. The van der Waals surface area contributed by atoms with Crippen LogP contribution in [0.3, 0.4) is 0 Å². The minimum absolute atomic E-state index is 0.0416. The number of carbonyl (C=O) groups is 6. The summed E-state index contributed by atoms with van der Waals surface area (Å²) in [6.07, 6.45) is 12.0. The maximum absolute atomic E-state index is 13.8. The SMILES string of the molecule is CC(N)=NCC(F)=CCCC(C)C(=O)Nc1nn[nH]n1.CC(N)=NCC(F)=CCCC(N)C(=O)Nc1nn[nH]n1.COC(=O)C(C)CCC=C(F)Cn1c(C)noc1=O.Cc1noc(=O)n1CC(F)=CCCC(C)C(=O)Nc1nn[nH]n1.Cc1noc(=O)n1CC(F)=CCCC(C)C(=O)O.Cc1noc(=O)n1CC(F)=CCCC(N)C(=O)O. The lowest BCUT2D eigenvalue weighted by atomic mass is 10.0. The van der Waals surface area contributed by atoms with Crippen molar-refractivity contribution in [2.45, 2.75) is 185 Å². The highest BCUT2D eigenvalue weighted by molar-refractivity contribution is 5.93. The Morgan fingerprint density at radius 3 is 0.966 bits per heavy atom. The zero-order valence-corrected chi connectivity index (χ0v) is 66.2. The molecule has 0 aliphatic carbocycles. The third-order valence-electron chi connectivity index (χ3n) is 15.5. The molecule has 7 aromatic rings. The molecule has 16 N–H and O–H groups in total. The van der Waals surface area contributed by atoms with Crippen LogP contribution in [-0.4, -0.2) is 191 Å². The van der Waals surface area contributed by atoms with Gasteiger partial charge in [-0.2, -0.15) is 15.6 Å². The molecule has 7 aromatic heterocycles. The molecule has 0 bridgehead atoms. The lowest BCUT2D eigenvalue weighted by Crippen LogP contribution is -2.35. The average Bonchev–Trinajstić information content (AvgIpc) is 1.74. The molecule has 0 saturated carbocycles. The summed E-state index contributed by atoms with van der Waals surface area (Å²) in [5.41, 5.74) is 21.5. The first-order valence-corrected chi connectivity index (χ1v) is 35.6. The summed E-state index contributed by atoms with van der Waals surface area (Å²) in [6.45, 7) is 14.9. The maximum Gasteiger partial charge on any atom is 0.441 e. The third kappa shape index (κ3) is 41.6. The maximum atomic E-state index is 13.8. The van der Waals surface area contributed by atoms with Gasteiger partial charge in [0.25, 0.3) is 17.8 Å². The van der Waals surface area contributed by atoms with Gasteiger partial charge in [-0.25, -0.2) is 45.5 Å². The number of anilines is 3. The molecule has 0 spiro atoms. The van der Waals surface area contributed by atoms with Crippen LogP contribution in [0.15, 0.2) is 119 Å². The van der Waals surface area contributed by atoms with E-state index in [-0.39, 0.29) is 124 Å². The molecule has 118 heavy (non-hydrogen) atoms. The van der Waals surface area contributed by atoms with Crippen LogP contribution in [0.2, 0.25) is 0 Å². The van der Waals surface area contributed by atoms with Crippen LogP contribution in [0, 0.1) is 51.4 Å². The average molecular weight is 1680 g/mol. The van der Waals surface area contributed by atoms with E-state index in [1.165, 1.54) is 57.4 Å². The number of ether oxygens (including phenoxy) is 1. The minimum atomic E-state index is -1.13. The largest absolute Gasteiger partial charge is 0.481 e. The number of nitrogens with one attached hydrogen (secondary N) is 6. The summed E-state index contributed by atoms with van der Waals surface area (Å²) in [4.78, 5) is 119. The van der Waals surface area contributed by atoms with Crippen molar-refractivity contribution in [1.29, 1.82) is 0 Å². The van der Waals surface area contributed by atoms with E-state index in [0.29, 0.717) is 86.9 Å². The van der Waals surface area contributed by atoms with Gasteiger partial charge in [-0.1, -0.05) is 100 Å². The Kier molecular flexibility index (Phi) is 46.5. The van der Waals surface area contributed by atoms with Crippen molar-refractivity contribution >= 4 is 65.1 Å². The number of aromatic nitrogens is 20. The van der Waals surface area contributed by atoms with Gasteiger partial charge in [-0.15, -0.1) is 15.3 Å². The Bertz CT molecular complexity index is 4550. The van der Waals surface area contributed by atoms with Crippen LogP contribution in [0.1, 0.15) is 142 Å². The molecule has 7 heterocycles. The number of esters is 1. The van der Waals surface area contributed by atoms with E-state index < -0.39 is 88.0 Å². The Labute approximate surface area is 666 Å². The molecule has 0 fully saturated rings. The quantitative estimate of drug-likeness (QED) is 0.0112. The van der Waals surface area contributed by atoms with Crippen molar-refractivity contribution in [3.63, 3.8) is 0 Å². The van der Waals surface area contributed by atoms with Gasteiger partial charge in [-0.3, -0.25) is 91.1 Å². The number of aliphatic carboxylic acids is 2. The van der Waals surface area contributed by atoms with Crippen LogP contribution >= 0.6 is 0 Å². The van der Waals surface area contributed by atoms with Gasteiger partial charge in [0, 0.05) is 11.8 Å². The van der Waals surface area contributed by atoms with Gasteiger partial charge >= 0.3 is 40.9 Å². The molecule has 0 aromatic carbocycles. The number of carbonyl (C=O) groups excluding carboxylic acids is 4. The van der Waals surface area contributed by atoms with Crippen molar-refractivity contribution in [3.8, 4) is 0 Å². The van der Waals surface area contributed by atoms with E-state index >= 15 is 0 Å². The number of hydrogen-bond donors (Lipinski definition) is 12. The number of amidine groups is 2. The molecule has 0 radical (unpaired) electrons. The number of allylic oxidation sites excluding steroid dienone is 10. The number of rotatable bonds is 39. The standard InChI is InChI=1S/C12H16FN7O3.C12H17FN2O4.C11H18FN7O.C11H15FN2O4.C10H17FN8O.C10H14FN3O4/c1-7(10(21)14-11-15-18-19-16-11)4-3-5-9(13)6-20-8(2)17-23-12(20)22;1-8(11(16)18-3)5-4-6-10(13)7-15-9(2)14-19-12(15)17;1-7(10(20)15-11-16-18-19-17-11)4-3-5-9(12)6-14-8(2)13;1-7(10(15)16)4-3-5-9(12)6-14-8(2)13-18-11(14)17;1-6(12)14-5-7(11)3-2-4-8(13)9(20)15-10-16-18-19-17-10;1-6-13-18-10(17)14(6)5-7(11)3-2-4-8(12)9(15)16/h5,7H,3-4,6H2,1-2H3,(H2,14,15,16,18,19,21);6,8H,4-5,7H2,1-3H3;5,7H,3-4,6H2,1-2H3,(H2,13,14)(H2,15,16,17,18,19,20);5,7H,3-4,6H2,1-2H3,(H,15,16);3,8H,2,4-5,13H2,1H3,(H2,12,14)(H2,15,16,17,18,19,20);3,8H,2,4-5,12H2,1H3,(H,15,16). The third-order valence-corrected chi connectivity index (χ3v) is 15.5. The van der Waals surface area contributed by atoms with E-state index in [1.54, 1.807) is 55.4 Å². The lowest BCUT2D eigenvalue weighted by Gasteiger charge is -2.08.